The maximum atomic E-state index is 13.5. The molecule has 4 heterocycles. The number of nitrogens with one attached hydrogen (secondary N) is 2. The van der Waals surface area contributed by atoms with Crippen LogP contribution in [0.15, 0.2) is 53.8 Å². The Morgan fingerprint density at radius 3 is 2.54 bits per heavy atom. The highest BCUT2D eigenvalue weighted by molar-refractivity contribution is 5.76. The number of ether oxygens (including phenoxy) is 1. The van der Waals surface area contributed by atoms with Crippen molar-refractivity contribution in [2.24, 2.45) is 0 Å². The van der Waals surface area contributed by atoms with Gasteiger partial charge in [0.2, 0.25) is 5.91 Å². The second-order valence-electron chi connectivity index (χ2n) is 8.67. The number of carbonyl (C=O) groups is 1. The lowest BCUT2D eigenvalue weighted by atomic mass is 10.1. The summed E-state index contributed by atoms with van der Waals surface area (Å²) in [5.74, 6) is 0.636. The molecule has 0 unspecified atom stereocenters. The predicted molar refractivity (Wildman–Crippen MR) is 134 cm³/mol. The molecule has 3 aromatic rings. The molecule has 1 amide bonds. The van der Waals surface area contributed by atoms with Crippen LogP contribution < -0.4 is 15.8 Å². The molecule has 1 aliphatic heterocycles. The van der Waals surface area contributed by atoms with Gasteiger partial charge in [-0.05, 0) is 29.8 Å². The lowest BCUT2D eigenvalue weighted by molar-refractivity contribution is -0.138. The van der Waals surface area contributed by atoms with Crippen molar-refractivity contribution in [2.45, 2.75) is 18.6 Å². The Bertz CT molecular complexity index is 1350. The number of halogens is 3. The Balaban J connectivity index is 1.31. The molecule has 204 valence electrons. The normalized spacial score (nSPS) is 14.5. The van der Waals surface area contributed by atoms with Crippen LogP contribution in [-0.4, -0.2) is 70.4 Å². The molecule has 0 aromatic carbocycles. The molecular weight excluding hydrogens is 517 g/mol. The second kappa shape index (κ2) is 12.4. The molecule has 3 aromatic heterocycles. The number of hydrogen-bond donors (Lipinski definition) is 2. The van der Waals surface area contributed by atoms with Gasteiger partial charge in [0.1, 0.15) is 17.5 Å². The van der Waals surface area contributed by atoms with E-state index in [-0.39, 0.29) is 25.5 Å². The summed E-state index contributed by atoms with van der Waals surface area (Å²) in [6.45, 7) is 2.16. The lowest BCUT2D eigenvalue weighted by Crippen LogP contribution is -2.49. The number of anilines is 2. The number of piperazine rings is 1. The van der Waals surface area contributed by atoms with Gasteiger partial charge in [-0.3, -0.25) is 14.6 Å². The molecule has 1 aliphatic rings. The minimum Gasteiger partial charge on any atom is -0.378 e. The standard InChI is InChI=1S/C25H25F3N8O3/c26-25(27,28)23-19(15-32-34-24(23)38)33-20(18-3-6-30-7-4-18)16-39-12-5-22(37)36-10-8-35(9-11-36)21-2-1-17(13-29)14-31-21/h1-4,6-7,14-15,20H,5,8-12,16H2,(H2,33,34,38)/t20-/m0/s1. The van der Waals surface area contributed by atoms with E-state index >= 15 is 0 Å². The Kier molecular flexibility index (Phi) is 8.72. The zero-order valence-electron chi connectivity index (χ0n) is 20.7. The number of carbonyl (C=O) groups excluding carboxylic acids is 1. The quantitative estimate of drug-likeness (QED) is 0.390. The summed E-state index contributed by atoms with van der Waals surface area (Å²) in [7, 11) is 0. The van der Waals surface area contributed by atoms with Gasteiger partial charge in [0.15, 0.2) is 0 Å². The summed E-state index contributed by atoms with van der Waals surface area (Å²) >= 11 is 0. The number of amides is 1. The van der Waals surface area contributed by atoms with Crippen LogP contribution in [-0.2, 0) is 15.7 Å². The fourth-order valence-electron chi connectivity index (χ4n) is 4.14. The topological polar surface area (TPSA) is 140 Å². The van der Waals surface area contributed by atoms with Gasteiger partial charge in [0.25, 0.3) is 5.56 Å². The number of aromatic nitrogens is 4. The van der Waals surface area contributed by atoms with E-state index in [1.807, 2.05) is 11.0 Å². The highest BCUT2D eigenvalue weighted by atomic mass is 19.4. The Morgan fingerprint density at radius 1 is 1.15 bits per heavy atom. The van der Waals surface area contributed by atoms with Gasteiger partial charge in [-0.15, -0.1) is 0 Å². The number of hydrogen-bond acceptors (Lipinski definition) is 9. The molecule has 4 rings (SSSR count). The van der Waals surface area contributed by atoms with E-state index < -0.39 is 29.0 Å². The number of aromatic amines is 1. The maximum Gasteiger partial charge on any atom is 0.423 e. The Morgan fingerprint density at radius 2 is 1.90 bits per heavy atom. The van der Waals surface area contributed by atoms with Gasteiger partial charge in [-0.2, -0.15) is 23.5 Å². The molecule has 1 atom stereocenters. The third-order valence-electron chi connectivity index (χ3n) is 6.16. The zero-order valence-corrected chi connectivity index (χ0v) is 20.7. The number of pyridine rings is 2. The van der Waals surface area contributed by atoms with Crippen molar-refractivity contribution in [1.29, 1.82) is 5.26 Å². The van der Waals surface area contributed by atoms with Crippen molar-refractivity contribution < 1.29 is 22.7 Å². The molecule has 2 N–H and O–H groups in total. The number of nitriles is 1. The summed E-state index contributed by atoms with van der Waals surface area (Å²) < 4.78 is 46.2. The minimum atomic E-state index is -4.89. The summed E-state index contributed by atoms with van der Waals surface area (Å²) in [6.07, 6.45) is 0.583. The minimum absolute atomic E-state index is 0.0548. The molecule has 11 nitrogen and oxygen atoms in total. The van der Waals surface area contributed by atoms with E-state index in [0.29, 0.717) is 37.3 Å². The first-order chi connectivity index (χ1) is 18.8. The van der Waals surface area contributed by atoms with Crippen LogP contribution in [0.5, 0.6) is 0 Å². The molecule has 39 heavy (non-hydrogen) atoms. The fourth-order valence-corrected chi connectivity index (χ4v) is 4.14. The second-order valence-corrected chi connectivity index (χ2v) is 8.67. The number of nitrogens with zero attached hydrogens (tertiary/aromatic N) is 6. The average molecular weight is 543 g/mol. The molecule has 1 fully saturated rings. The van der Waals surface area contributed by atoms with E-state index in [9.17, 15) is 22.8 Å². The summed E-state index contributed by atoms with van der Waals surface area (Å²) in [5.41, 5.74) is -2.17. The summed E-state index contributed by atoms with van der Waals surface area (Å²) in [6, 6.07) is 7.96. The smallest absolute Gasteiger partial charge is 0.378 e. The van der Waals surface area contributed by atoms with E-state index in [1.54, 1.807) is 34.3 Å². The maximum absolute atomic E-state index is 13.5. The van der Waals surface area contributed by atoms with E-state index in [4.69, 9.17) is 10.00 Å². The molecule has 0 aliphatic carbocycles. The highest BCUT2D eigenvalue weighted by Crippen LogP contribution is 2.33. The number of alkyl halides is 3. The fraction of sp³-hybridized carbons (Fsp3) is 0.360. The van der Waals surface area contributed by atoms with Crippen LogP contribution in [0.4, 0.5) is 24.7 Å². The van der Waals surface area contributed by atoms with Crippen LogP contribution in [0.25, 0.3) is 0 Å². The van der Waals surface area contributed by atoms with Gasteiger partial charge in [0.05, 0.1) is 43.1 Å². The third-order valence-corrected chi connectivity index (χ3v) is 6.16. The van der Waals surface area contributed by atoms with Gasteiger partial charge in [0, 0.05) is 44.8 Å². The number of rotatable bonds is 9. The zero-order chi connectivity index (χ0) is 27.8. The summed E-state index contributed by atoms with van der Waals surface area (Å²) in [4.78, 5) is 36.5. The monoisotopic (exact) mass is 542 g/mol. The first-order valence-electron chi connectivity index (χ1n) is 12.0. The SMILES string of the molecule is N#Cc1ccc(N2CCN(C(=O)CCOC[C@H](Nc3cn[nH]c(=O)c3C(F)(F)F)c3ccncc3)CC2)nc1. The summed E-state index contributed by atoms with van der Waals surface area (Å²) in [5, 5.41) is 16.9. The van der Waals surface area contributed by atoms with Crippen LogP contribution in [0, 0.1) is 11.3 Å². The van der Waals surface area contributed by atoms with Crippen molar-refractivity contribution in [3.63, 3.8) is 0 Å². The molecule has 0 bridgehead atoms. The van der Waals surface area contributed by atoms with E-state index in [2.05, 4.69) is 20.4 Å². The van der Waals surface area contributed by atoms with Crippen molar-refractivity contribution in [1.82, 2.24) is 25.1 Å². The molecule has 1 saturated heterocycles. The van der Waals surface area contributed by atoms with Gasteiger partial charge in [-0.1, -0.05) is 0 Å². The first kappa shape index (κ1) is 27.5. The Labute approximate surface area is 221 Å². The third kappa shape index (κ3) is 7.08. The largest absolute Gasteiger partial charge is 0.423 e. The molecule has 0 radical (unpaired) electrons. The average Bonchev–Trinajstić information content (AvgIpc) is 2.94. The van der Waals surface area contributed by atoms with Gasteiger partial charge >= 0.3 is 6.18 Å². The van der Waals surface area contributed by atoms with E-state index in [1.165, 1.54) is 18.6 Å². The molecule has 14 heteroatoms. The number of H-pyrrole nitrogens is 1. The van der Waals surface area contributed by atoms with E-state index in [0.717, 1.165) is 12.0 Å². The Hall–Kier alpha value is -4.51. The van der Waals surface area contributed by atoms with Crippen LogP contribution in [0.3, 0.4) is 0 Å². The highest BCUT2D eigenvalue weighted by Gasteiger charge is 2.38. The lowest BCUT2D eigenvalue weighted by Gasteiger charge is -2.35. The van der Waals surface area contributed by atoms with Crippen molar-refractivity contribution in [3.8, 4) is 6.07 Å². The molecule has 0 saturated carbocycles. The molecule has 0 spiro atoms. The first-order valence-corrected chi connectivity index (χ1v) is 12.0. The van der Waals surface area contributed by atoms with Crippen LogP contribution >= 0.6 is 0 Å². The van der Waals surface area contributed by atoms with Crippen molar-refractivity contribution in [3.05, 3.63) is 76.1 Å². The van der Waals surface area contributed by atoms with Crippen LogP contribution in [0.1, 0.15) is 29.2 Å². The van der Waals surface area contributed by atoms with Gasteiger partial charge in [-0.25, -0.2) is 10.1 Å². The van der Waals surface area contributed by atoms with Crippen molar-refractivity contribution in [2.75, 3.05) is 49.6 Å². The van der Waals surface area contributed by atoms with Gasteiger partial charge < -0.3 is 19.9 Å². The molecular formula is C25H25F3N8O3. The van der Waals surface area contributed by atoms with Crippen LogP contribution in [0.2, 0.25) is 0 Å². The van der Waals surface area contributed by atoms with Crippen molar-refractivity contribution >= 4 is 17.4 Å². The predicted octanol–water partition coefficient (Wildman–Crippen LogP) is 2.36.